The van der Waals surface area contributed by atoms with Gasteiger partial charge in [-0.1, -0.05) is 24.1 Å². The molecule has 1 unspecified atom stereocenters. The highest BCUT2D eigenvalue weighted by Gasteiger charge is 2.31. The van der Waals surface area contributed by atoms with E-state index in [4.69, 9.17) is 9.63 Å². The number of aromatic nitrogens is 2. The number of hydrogen-bond acceptors (Lipinski definition) is 5. The van der Waals surface area contributed by atoms with E-state index in [1.807, 2.05) is 0 Å². The molecule has 1 aromatic carbocycles. The van der Waals surface area contributed by atoms with Crippen molar-refractivity contribution in [3.05, 3.63) is 47.1 Å². The molecule has 7 heteroatoms. The first-order valence-corrected chi connectivity index (χ1v) is 8.01. The molecule has 126 valence electrons. The monoisotopic (exact) mass is 329 g/mol. The molecule has 24 heavy (non-hydrogen) atoms. The maximum Gasteiger partial charge on any atom is 0.335 e. The summed E-state index contributed by atoms with van der Waals surface area (Å²) in [4.78, 5) is 30.1. The van der Waals surface area contributed by atoms with E-state index in [2.05, 4.69) is 10.1 Å². The van der Waals surface area contributed by atoms with Crippen LogP contribution in [0.2, 0.25) is 0 Å². The van der Waals surface area contributed by atoms with Gasteiger partial charge in [-0.2, -0.15) is 4.98 Å². The maximum absolute atomic E-state index is 13.0. The molecule has 7 nitrogen and oxygen atoms in total. The van der Waals surface area contributed by atoms with Crippen LogP contribution in [0, 0.1) is 6.92 Å². The third-order valence-corrected chi connectivity index (χ3v) is 4.21. The summed E-state index contributed by atoms with van der Waals surface area (Å²) in [6.45, 7) is 2.31. The summed E-state index contributed by atoms with van der Waals surface area (Å²) >= 11 is 0. The van der Waals surface area contributed by atoms with Gasteiger partial charge in [-0.25, -0.2) is 4.79 Å². The number of aryl methyl sites for hydroxylation is 1. The van der Waals surface area contributed by atoms with Gasteiger partial charge in [0.2, 0.25) is 5.89 Å². The van der Waals surface area contributed by atoms with E-state index >= 15 is 0 Å². The van der Waals surface area contributed by atoms with Crippen molar-refractivity contribution in [2.75, 3.05) is 6.54 Å². The lowest BCUT2D eigenvalue weighted by Gasteiger charge is -2.28. The fraction of sp³-hybridized carbons (Fsp3) is 0.412. The van der Waals surface area contributed by atoms with Gasteiger partial charge in [-0.3, -0.25) is 4.79 Å². The molecule has 0 aliphatic carbocycles. The van der Waals surface area contributed by atoms with Gasteiger partial charge in [0.15, 0.2) is 5.82 Å². The van der Waals surface area contributed by atoms with Crippen LogP contribution in [0.3, 0.4) is 0 Å². The molecule has 1 aliphatic rings. The van der Waals surface area contributed by atoms with Crippen LogP contribution >= 0.6 is 0 Å². The Balaban J connectivity index is 1.92. The number of carbonyl (C=O) groups excluding carboxylic acids is 1. The molecule has 1 fully saturated rings. The zero-order valence-electron chi connectivity index (χ0n) is 13.4. The molecule has 1 aliphatic heterocycles. The zero-order valence-corrected chi connectivity index (χ0v) is 13.4. The first kappa shape index (κ1) is 16.2. The number of carboxylic acid groups (broad SMARTS) is 1. The molecule has 0 saturated carbocycles. The van der Waals surface area contributed by atoms with Crippen molar-refractivity contribution in [3.63, 3.8) is 0 Å². The second-order valence-corrected chi connectivity index (χ2v) is 5.92. The highest BCUT2D eigenvalue weighted by atomic mass is 16.5. The fourth-order valence-corrected chi connectivity index (χ4v) is 3.02. The summed E-state index contributed by atoms with van der Waals surface area (Å²) in [5, 5.41) is 13.1. The first-order chi connectivity index (χ1) is 11.6. The Morgan fingerprint density at radius 1 is 1.25 bits per heavy atom. The molecule has 0 radical (unpaired) electrons. The SMILES string of the molecule is Cc1nc(C2CCCCCN2C(=O)c2cccc(C(=O)O)c2)no1. The molecular formula is C17H19N3O4. The van der Waals surface area contributed by atoms with E-state index in [0.717, 1.165) is 25.7 Å². The second-order valence-electron chi connectivity index (χ2n) is 5.92. The Bertz CT molecular complexity index is 756. The summed E-state index contributed by atoms with van der Waals surface area (Å²) in [5.74, 6) is -0.273. The number of amides is 1. The van der Waals surface area contributed by atoms with E-state index in [0.29, 0.717) is 23.8 Å². The predicted octanol–water partition coefficient (Wildman–Crippen LogP) is 2.83. The number of hydrogen-bond donors (Lipinski definition) is 1. The van der Waals surface area contributed by atoms with Crippen LogP contribution in [0.4, 0.5) is 0 Å². The van der Waals surface area contributed by atoms with Gasteiger partial charge in [0.1, 0.15) is 0 Å². The molecule has 2 heterocycles. The van der Waals surface area contributed by atoms with Crippen LogP contribution in [0.15, 0.2) is 28.8 Å². The lowest BCUT2D eigenvalue weighted by atomic mass is 10.1. The van der Waals surface area contributed by atoms with E-state index in [-0.39, 0.29) is 17.5 Å². The van der Waals surface area contributed by atoms with E-state index < -0.39 is 5.97 Å². The van der Waals surface area contributed by atoms with Crippen molar-refractivity contribution in [1.29, 1.82) is 0 Å². The van der Waals surface area contributed by atoms with Crippen LogP contribution in [-0.4, -0.2) is 38.6 Å². The quantitative estimate of drug-likeness (QED) is 0.930. The van der Waals surface area contributed by atoms with Crippen molar-refractivity contribution >= 4 is 11.9 Å². The van der Waals surface area contributed by atoms with E-state index in [1.165, 1.54) is 12.1 Å². The molecule has 0 spiro atoms. The van der Waals surface area contributed by atoms with Gasteiger partial charge in [-0.15, -0.1) is 0 Å². The number of benzene rings is 1. The second kappa shape index (κ2) is 6.82. The summed E-state index contributed by atoms with van der Waals surface area (Å²) in [6, 6.07) is 5.86. The molecule has 0 bridgehead atoms. The standard InChI is InChI=1S/C17H19N3O4/c1-11-18-15(19-24-11)14-8-3-2-4-9-20(14)16(21)12-6-5-7-13(10-12)17(22)23/h5-7,10,14H,2-4,8-9H2,1H3,(H,22,23). The maximum atomic E-state index is 13.0. The van der Waals surface area contributed by atoms with Crippen molar-refractivity contribution in [2.24, 2.45) is 0 Å². The lowest BCUT2D eigenvalue weighted by Crippen LogP contribution is -2.35. The Morgan fingerprint density at radius 3 is 2.75 bits per heavy atom. The Hall–Kier alpha value is -2.70. The summed E-state index contributed by atoms with van der Waals surface area (Å²) in [6.07, 6.45) is 3.69. The van der Waals surface area contributed by atoms with Crippen molar-refractivity contribution in [1.82, 2.24) is 15.0 Å². The topological polar surface area (TPSA) is 96.5 Å². The molecule has 2 aromatic rings. The molecule has 1 saturated heterocycles. The summed E-state index contributed by atoms with van der Waals surface area (Å²) < 4.78 is 5.07. The van der Waals surface area contributed by atoms with Gasteiger partial charge in [0.05, 0.1) is 11.6 Å². The largest absolute Gasteiger partial charge is 0.478 e. The molecule has 1 atom stereocenters. The number of carbonyl (C=O) groups is 2. The van der Waals surface area contributed by atoms with Gasteiger partial charge < -0.3 is 14.5 Å². The number of rotatable bonds is 3. The molecule has 1 N–H and O–H groups in total. The van der Waals surface area contributed by atoms with Crippen LogP contribution in [0.25, 0.3) is 0 Å². The Morgan fingerprint density at radius 2 is 2.04 bits per heavy atom. The number of nitrogens with zero attached hydrogens (tertiary/aromatic N) is 3. The van der Waals surface area contributed by atoms with E-state index in [1.54, 1.807) is 24.0 Å². The molecule has 1 aromatic heterocycles. The van der Waals surface area contributed by atoms with Gasteiger partial charge >= 0.3 is 5.97 Å². The van der Waals surface area contributed by atoms with Crippen LogP contribution in [0.1, 0.15) is 64.2 Å². The van der Waals surface area contributed by atoms with Crippen LogP contribution in [-0.2, 0) is 0 Å². The van der Waals surface area contributed by atoms with Crippen molar-refractivity contribution in [3.8, 4) is 0 Å². The Labute approximate surface area is 139 Å². The van der Waals surface area contributed by atoms with Crippen LogP contribution < -0.4 is 0 Å². The van der Waals surface area contributed by atoms with Crippen LogP contribution in [0.5, 0.6) is 0 Å². The average molecular weight is 329 g/mol. The number of carboxylic acids is 1. The number of aromatic carboxylic acids is 1. The smallest absolute Gasteiger partial charge is 0.335 e. The highest BCUT2D eigenvalue weighted by Crippen LogP contribution is 2.30. The lowest BCUT2D eigenvalue weighted by molar-refractivity contribution is 0.0670. The predicted molar refractivity (Wildman–Crippen MR) is 84.7 cm³/mol. The summed E-state index contributed by atoms with van der Waals surface area (Å²) in [5.41, 5.74) is 0.463. The Kier molecular flexibility index (Phi) is 4.59. The molecular weight excluding hydrogens is 310 g/mol. The minimum Gasteiger partial charge on any atom is -0.478 e. The minimum absolute atomic E-state index is 0.0997. The third-order valence-electron chi connectivity index (χ3n) is 4.21. The third kappa shape index (κ3) is 3.29. The zero-order chi connectivity index (χ0) is 17.1. The van der Waals surface area contributed by atoms with Crippen molar-refractivity contribution < 1.29 is 19.2 Å². The van der Waals surface area contributed by atoms with Gasteiger partial charge in [-0.05, 0) is 31.0 Å². The highest BCUT2D eigenvalue weighted by molar-refractivity contribution is 5.97. The first-order valence-electron chi connectivity index (χ1n) is 8.01. The fourth-order valence-electron chi connectivity index (χ4n) is 3.02. The number of likely N-dealkylation sites (tertiary alicyclic amines) is 1. The molecule has 1 amide bonds. The normalized spacial score (nSPS) is 18.2. The van der Waals surface area contributed by atoms with E-state index in [9.17, 15) is 9.59 Å². The molecule has 3 rings (SSSR count). The minimum atomic E-state index is -1.05. The van der Waals surface area contributed by atoms with Gasteiger partial charge in [0.25, 0.3) is 5.91 Å². The summed E-state index contributed by atoms with van der Waals surface area (Å²) in [7, 11) is 0. The van der Waals surface area contributed by atoms with Gasteiger partial charge in [0, 0.05) is 19.0 Å². The average Bonchev–Trinajstić information content (AvgIpc) is 2.86. The van der Waals surface area contributed by atoms with Crippen molar-refractivity contribution in [2.45, 2.75) is 38.6 Å².